The van der Waals surface area contributed by atoms with Crippen LogP contribution in [0.1, 0.15) is 25.7 Å². The average Bonchev–Trinajstić information content (AvgIpc) is 1.90. The second-order valence-corrected chi connectivity index (χ2v) is 3.09. The molecule has 0 saturated heterocycles. The van der Waals surface area contributed by atoms with Crippen LogP contribution in [0.25, 0.3) is 0 Å². The van der Waals surface area contributed by atoms with Crippen molar-refractivity contribution in [2.45, 2.75) is 25.7 Å². The Bertz CT molecular complexity index is 101. The van der Waals surface area contributed by atoms with Crippen molar-refractivity contribution in [1.82, 2.24) is 0 Å². The molecule has 1 aliphatic rings. The zero-order chi connectivity index (χ0) is 6.69. The van der Waals surface area contributed by atoms with Gasteiger partial charge in [0.25, 0.3) is 0 Å². The molecular formula is C7H13NS. The number of hydrogen-bond donors (Lipinski definition) is 2. The van der Waals surface area contributed by atoms with E-state index in [1.54, 1.807) is 0 Å². The Hall–Kier alpha value is 0.0200. The highest BCUT2D eigenvalue weighted by molar-refractivity contribution is 7.80. The van der Waals surface area contributed by atoms with E-state index >= 15 is 0 Å². The lowest BCUT2D eigenvalue weighted by Gasteiger charge is -2.19. The lowest BCUT2D eigenvalue weighted by molar-refractivity contribution is 0.491. The molecule has 1 rings (SSSR count). The van der Waals surface area contributed by atoms with E-state index in [2.05, 4.69) is 12.6 Å². The van der Waals surface area contributed by atoms with E-state index in [-0.39, 0.29) is 0 Å². The van der Waals surface area contributed by atoms with Crippen molar-refractivity contribution >= 4 is 18.3 Å². The van der Waals surface area contributed by atoms with Crippen LogP contribution < -0.4 is 0 Å². The van der Waals surface area contributed by atoms with Crippen molar-refractivity contribution in [2.24, 2.45) is 5.92 Å². The molecule has 0 spiro atoms. The van der Waals surface area contributed by atoms with Crippen LogP contribution in [0.2, 0.25) is 0 Å². The number of rotatable bonds is 1. The Labute approximate surface area is 61.8 Å². The van der Waals surface area contributed by atoms with Crippen LogP contribution in [0.4, 0.5) is 0 Å². The third-order valence-electron chi connectivity index (χ3n) is 1.97. The molecule has 0 radical (unpaired) electrons. The molecule has 9 heavy (non-hydrogen) atoms. The summed E-state index contributed by atoms with van der Waals surface area (Å²) in [6, 6.07) is 0. The SMILES string of the molecule is N=C1CCC(CS)CC1. The summed E-state index contributed by atoms with van der Waals surface area (Å²) in [6.07, 6.45) is 4.43. The first-order chi connectivity index (χ1) is 4.33. The summed E-state index contributed by atoms with van der Waals surface area (Å²) in [5.74, 6) is 1.80. The van der Waals surface area contributed by atoms with Gasteiger partial charge < -0.3 is 5.41 Å². The molecule has 0 heterocycles. The zero-order valence-corrected chi connectivity index (χ0v) is 6.45. The van der Waals surface area contributed by atoms with Crippen molar-refractivity contribution < 1.29 is 0 Å². The van der Waals surface area contributed by atoms with Gasteiger partial charge in [-0.15, -0.1) is 0 Å². The highest BCUT2D eigenvalue weighted by atomic mass is 32.1. The Balaban J connectivity index is 2.26. The van der Waals surface area contributed by atoms with Gasteiger partial charge >= 0.3 is 0 Å². The summed E-state index contributed by atoms with van der Waals surface area (Å²) < 4.78 is 0. The molecule has 1 nitrogen and oxygen atoms in total. The maximum absolute atomic E-state index is 7.33. The fraction of sp³-hybridized carbons (Fsp3) is 0.857. The normalized spacial score (nSPS) is 28.6. The molecule has 0 aliphatic heterocycles. The number of hydrogen-bond acceptors (Lipinski definition) is 2. The molecule has 0 aromatic rings. The lowest BCUT2D eigenvalue weighted by atomic mass is 9.89. The first kappa shape index (κ1) is 7.13. The molecule has 52 valence electrons. The summed E-state index contributed by atoms with van der Waals surface area (Å²) in [6.45, 7) is 0. The summed E-state index contributed by atoms with van der Waals surface area (Å²) in [7, 11) is 0. The average molecular weight is 143 g/mol. The molecule has 0 aromatic carbocycles. The van der Waals surface area contributed by atoms with Gasteiger partial charge in [0.1, 0.15) is 0 Å². The van der Waals surface area contributed by atoms with E-state index < -0.39 is 0 Å². The maximum atomic E-state index is 7.33. The van der Waals surface area contributed by atoms with Gasteiger partial charge in [-0.05, 0) is 37.4 Å². The molecule has 1 aliphatic carbocycles. The fourth-order valence-corrected chi connectivity index (χ4v) is 1.57. The van der Waals surface area contributed by atoms with Crippen LogP contribution in [0.5, 0.6) is 0 Å². The molecule has 0 atom stereocenters. The van der Waals surface area contributed by atoms with Gasteiger partial charge in [0.2, 0.25) is 0 Å². The smallest absolute Gasteiger partial charge is 0.00893 e. The second kappa shape index (κ2) is 3.25. The van der Waals surface area contributed by atoms with Crippen molar-refractivity contribution in [1.29, 1.82) is 5.41 Å². The Kier molecular flexibility index (Phi) is 2.58. The van der Waals surface area contributed by atoms with Crippen LogP contribution in [0.15, 0.2) is 0 Å². The molecule has 0 amide bonds. The van der Waals surface area contributed by atoms with Crippen molar-refractivity contribution in [3.05, 3.63) is 0 Å². The molecule has 1 saturated carbocycles. The van der Waals surface area contributed by atoms with E-state index in [0.29, 0.717) is 0 Å². The van der Waals surface area contributed by atoms with Gasteiger partial charge in [0.15, 0.2) is 0 Å². The molecule has 0 unspecified atom stereocenters. The fourth-order valence-electron chi connectivity index (χ4n) is 1.21. The zero-order valence-electron chi connectivity index (χ0n) is 5.56. The number of nitrogens with one attached hydrogen (secondary N) is 1. The van der Waals surface area contributed by atoms with Crippen molar-refractivity contribution in [3.63, 3.8) is 0 Å². The number of thiol groups is 1. The highest BCUT2D eigenvalue weighted by Gasteiger charge is 2.14. The predicted octanol–water partition coefficient (Wildman–Crippen LogP) is 2.13. The highest BCUT2D eigenvalue weighted by Crippen LogP contribution is 2.21. The second-order valence-electron chi connectivity index (χ2n) is 2.73. The lowest BCUT2D eigenvalue weighted by Crippen LogP contribution is -2.14. The largest absolute Gasteiger partial charge is 0.310 e. The Morgan fingerprint density at radius 3 is 2.44 bits per heavy atom. The third kappa shape index (κ3) is 2.01. The summed E-state index contributed by atoms with van der Waals surface area (Å²) >= 11 is 4.22. The van der Waals surface area contributed by atoms with Gasteiger partial charge in [-0.2, -0.15) is 12.6 Å². The minimum Gasteiger partial charge on any atom is -0.310 e. The standard InChI is InChI=1S/C7H13NS/c8-7-3-1-6(5-9)2-4-7/h6,8-9H,1-5H2. The van der Waals surface area contributed by atoms with Gasteiger partial charge in [-0.25, -0.2) is 0 Å². The van der Waals surface area contributed by atoms with Crippen LogP contribution in [-0.4, -0.2) is 11.5 Å². The Morgan fingerprint density at radius 1 is 1.44 bits per heavy atom. The summed E-state index contributed by atoms with van der Waals surface area (Å²) in [5.41, 5.74) is 0.938. The Morgan fingerprint density at radius 2 is 2.00 bits per heavy atom. The maximum Gasteiger partial charge on any atom is 0.00893 e. The van der Waals surface area contributed by atoms with E-state index in [4.69, 9.17) is 5.41 Å². The van der Waals surface area contributed by atoms with E-state index in [1.165, 1.54) is 12.8 Å². The molecule has 1 fully saturated rings. The third-order valence-corrected chi connectivity index (χ3v) is 2.48. The first-order valence-electron chi connectivity index (χ1n) is 3.50. The topological polar surface area (TPSA) is 23.9 Å². The van der Waals surface area contributed by atoms with Crippen LogP contribution in [0.3, 0.4) is 0 Å². The van der Waals surface area contributed by atoms with E-state index in [1.807, 2.05) is 0 Å². The summed E-state index contributed by atoms with van der Waals surface area (Å²) in [5, 5.41) is 7.33. The molecule has 0 aromatic heterocycles. The van der Waals surface area contributed by atoms with Crippen LogP contribution in [-0.2, 0) is 0 Å². The first-order valence-corrected chi connectivity index (χ1v) is 4.13. The molecular weight excluding hydrogens is 130 g/mol. The van der Waals surface area contributed by atoms with Gasteiger partial charge in [0.05, 0.1) is 0 Å². The van der Waals surface area contributed by atoms with Gasteiger partial charge in [-0.1, -0.05) is 0 Å². The van der Waals surface area contributed by atoms with E-state index in [0.717, 1.165) is 30.2 Å². The molecule has 2 heteroatoms. The molecule has 1 N–H and O–H groups in total. The molecule has 0 bridgehead atoms. The van der Waals surface area contributed by atoms with Crippen LogP contribution in [0, 0.1) is 11.3 Å². The van der Waals surface area contributed by atoms with Crippen LogP contribution >= 0.6 is 12.6 Å². The van der Waals surface area contributed by atoms with Crippen molar-refractivity contribution in [2.75, 3.05) is 5.75 Å². The minimum absolute atomic E-state index is 0.794. The predicted molar refractivity (Wildman–Crippen MR) is 43.5 cm³/mol. The summed E-state index contributed by atoms with van der Waals surface area (Å²) in [4.78, 5) is 0. The quantitative estimate of drug-likeness (QED) is 0.525. The van der Waals surface area contributed by atoms with Crippen molar-refractivity contribution in [3.8, 4) is 0 Å². The van der Waals surface area contributed by atoms with Gasteiger partial charge in [-0.3, -0.25) is 0 Å². The monoisotopic (exact) mass is 143 g/mol. The van der Waals surface area contributed by atoms with Gasteiger partial charge in [0, 0.05) is 5.71 Å². The van der Waals surface area contributed by atoms with E-state index in [9.17, 15) is 0 Å². The minimum atomic E-state index is 0.794.